The molecule has 0 fully saturated rings. The van der Waals surface area contributed by atoms with Gasteiger partial charge in [-0.3, -0.25) is 9.88 Å². The zero-order valence-corrected chi connectivity index (χ0v) is 13.5. The predicted molar refractivity (Wildman–Crippen MR) is 95.1 cm³/mol. The largest absolute Gasteiger partial charge is 0.355 e. The highest BCUT2D eigenvalue weighted by atomic mass is 19.1. The average molecular weight is 321 g/mol. The van der Waals surface area contributed by atoms with Gasteiger partial charge in [-0.1, -0.05) is 24.3 Å². The molecule has 24 heavy (non-hydrogen) atoms. The molecule has 1 aliphatic rings. The maximum absolute atomic E-state index is 14.0. The lowest BCUT2D eigenvalue weighted by molar-refractivity contribution is 0.297. The molecule has 0 unspecified atom stereocenters. The minimum absolute atomic E-state index is 0.162. The summed E-state index contributed by atoms with van der Waals surface area (Å²) in [6, 6.07) is 9.33. The third kappa shape index (κ3) is 2.97. The second kappa shape index (κ2) is 6.57. The lowest BCUT2D eigenvalue weighted by Crippen LogP contribution is -2.23. The van der Waals surface area contributed by atoms with E-state index in [1.807, 2.05) is 18.2 Å². The number of H-pyrrole nitrogens is 1. The molecule has 0 aliphatic carbocycles. The van der Waals surface area contributed by atoms with Gasteiger partial charge in [-0.15, -0.1) is 0 Å². The predicted octanol–water partition coefficient (Wildman–Crippen LogP) is 4.16. The molecule has 3 nitrogen and oxygen atoms in total. The van der Waals surface area contributed by atoms with Crippen molar-refractivity contribution < 1.29 is 4.39 Å². The van der Waals surface area contributed by atoms with E-state index in [2.05, 4.69) is 27.0 Å². The van der Waals surface area contributed by atoms with Crippen molar-refractivity contribution in [2.75, 3.05) is 13.1 Å². The average Bonchev–Trinajstić information content (AvgIpc) is 2.82. The Kier molecular flexibility index (Phi) is 4.13. The van der Waals surface area contributed by atoms with Gasteiger partial charge in [-0.2, -0.15) is 0 Å². The van der Waals surface area contributed by atoms with E-state index in [0.29, 0.717) is 5.52 Å². The molecule has 0 spiro atoms. The summed E-state index contributed by atoms with van der Waals surface area (Å²) in [5.74, 6) is -0.162. The molecular weight excluding hydrogens is 301 g/mol. The van der Waals surface area contributed by atoms with Gasteiger partial charge in [0.05, 0.1) is 5.52 Å². The normalized spacial score (nSPS) is 15.7. The van der Waals surface area contributed by atoms with E-state index < -0.39 is 0 Å². The first kappa shape index (κ1) is 15.1. The van der Waals surface area contributed by atoms with Crippen molar-refractivity contribution in [3.63, 3.8) is 0 Å². The summed E-state index contributed by atoms with van der Waals surface area (Å²) in [7, 11) is 0. The zero-order valence-electron chi connectivity index (χ0n) is 13.5. The van der Waals surface area contributed by atoms with Gasteiger partial charge in [-0.05, 0) is 48.7 Å². The lowest BCUT2D eigenvalue weighted by Gasteiger charge is -2.17. The number of aromatic nitrogens is 2. The highest BCUT2D eigenvalue weighted by Crippen LogP contribution is 2.28. The smallest absolute Gasteiger partial charge is 0.147 e. The van der Waals surface area contributed by atoms with Crippen molar-refractivity contribution in [1.29, 1.82) is 0 Å². The first-order chi connectivity index (χ1) is 11.8. The monoisotopic (exact) mass is 321 g/mol. The summed E-state index contributed by atoms with van der Waals surface area (Å²) < 4.78 is 14.0. The molecular formula is C20H20FN3. The van der Waals surface area contributed by atoms with Crippen molar-refractivity contribution in [3.05, 3.63) is 71.4 Å². The minimum Gasteiger partial charge on any atom is -0.355 e. The maximum atomic E-state index is 14.0. The Hall–Kier alpha value is -2.46. The number of halogens is 1. The Labute approximate surface area is 140 Å². The molecule has 1 aliphatic heterocycles. The quantitative estimate of drug-likeness (QED) is 0.785. The van der Waals surface area contributed by atoms with Crippen LogP contribution in [-0.4, -0.2) is 28.0 Å². The van der Waals surface area contributed by atoms with E-state index in [0.717, 1.165) is 49.1 Å². The number of aromatic amines is 1. The van der Waals surface area contributed by atoms with E-state index >= 15 is 0 Å². The van der Waals surface area contributed by atoms with Crippen molar-refractivity contribution in [2.24, 2.45) is 0 Å². The maximum Gasteiger partial charge on any atom is 0.147 e. The summed E-state index contributed by atoms with van der Waals surface area (Å²) in [6.07, 6.45) is 10.0. The third-order valence-electron chi connectivity index (χ3n) is 4.64. The molecule has 0 saturated carbocycles. The second-order valence-corrected chi connectivity index (χ2v) is 6.27. The minimum atomic E-state index is -0.162. The zero-order chi connectivity index (χ0) is 16.4. The van der Waals surface area contributed by atoms with Crippen LogP contribution in [0.25, 0.3) is 17.0 Å². The molecule has 0 radical (unpaired) electrons. The number of rotatable bonds is 3. The lowest BCUT2D eigenvalue weighted by atomic mass is 10.1. The van der Waals surface area contributed by atoms with Gasteiger partial charge in [0.15, 0.2) is 0 Å². The van der Waals surface area contributed by atoms with Gasteiger partial charge in [0, 0.05) is 36.6 Å². The molecule has 0 saturated heterocycles. The Balaban J connectivity index is 1.53. The fraction of sp³-hybridized carbons (Fsp3) is 0.250. The van der Waals surface area contributed by atoms with Gasteiger partial charge >= 0.3 is 0 Å². The molecule has 0 bridgehead atoms. The number of hydrogen-bond acceptors (Lipinski definition) is 2. The molecule has 0 amide bonds. The highest BCUT2D eigenvalue weighted by molar-refractivity contribution is 5.85. The summed E-state index contributed by atoms with van der Waals surface area (Å²) in [4.78, 5) is 9.74. The van der Waals surface area contributed by atoms with Crippen LogP contribution in [0.2, 0.25) is 0 Å². The summed E-state index contributed by atoms with van der Waals surface area (Å²) in [5.41, 5.74) is 4.25. The van der Waals surface area contributed by atoms with Gasteiger partial charge in [0.1, 0.15) is 5.82 Å². The van der Waals surface area contributed by atoms with E-state index in [-0.39, 0.29) is 5.82 Å². The molecule has 3 aromatic rings. The van der Waals surface area contributed by atoms with Crippen LogP contribution in [0, 0.1) is 5.82 Å². The van der Waals surface area contributed by atoms with Crippen LogP contribution in [0.3, 0.4) is 0 Å². The van der Waals surface area contributed by atoms with Crippen molar-refractivity contribution in [2.45, 2.75) is 19.4 Å². The second-order valence-electron chi connectivity index (χ2n) is 6.27. The fourth-order valence-electron chi connectivity index (χ4n) is 3.46. The summed E-state index contributed by atoms with van der Waals surface area (Å²) in [5, 5.41) is 1.04. The topological polar surface area (TPSA) is 31.9 Å². The van der Waals surface area contributed by atoms with E-state index in [1.165, 1.54) is 11.6 Å². The number of hydrogen-bond donors (Lipinski definition) is 1. The number of benzene rings is 1. The first-order valence-corrected chi connectivity index (χ1v) is 8.38. The molecule has 122 valence electrons. The molecule has 1 N–H and O–H groups in total. The number of aryl methyl sites for hydroxylation is 1. The van der Waals surface area contributed by atoms with Crippen LogP contribution in [0.4, 0.5) is 4.39 Å². The molecule has 3 heterocycles. The van der Waals surface area contributed by atoms with Gasteiger partial charge in [0.2, 0.25) is 0 Å². The van der Waals surface area contributed by atoms with Gasteiger partial charge < -0.3 is 4.98 Å². The molecule has 1 aromatic carbocycles. The van der Waals surface area contributed by atoms with Crippen molar-refractivity contribution in [3.8, 4) is 0 Å². The van der Waals surface area contributed by atoms with Crippen LogP contribution in [0.1, 0.15) is 23.2 Å². The summed E-state index contributed by atoms with van der Waals surface area (Å²) in [6.45, 7) is 2.78. The number of nitrogens with zero attached hydrogens (tertiary/aromatic N) is 2. The van der Waals surface area contributed by atoms with Crippen molar-refractivity contribution in [1.82, 2.24) is 14.9 Å². The van der Waals surface area contributed by atoms with E-state index in [1.54, 1.807) is 18.5 Å². The van der Waals surface area contributed by atoms with Crippen LogP contribution in [0.5, 0.6) is 0 Å². The van der Waals surface area contributed by atoms with Crippen LogP contribution in [-0.2, 0) is 13.0 Å². The third-order valence-corrected chi connectivity index (χ3v) is 4.64. The van der Waals surface area contributed by atoms with Crippen LogP contribution >= 0.6 is 0 Å². The molecule has 2 aromatic heterocycles. The number of nitrogens with one attached hydrogen (secondary N) is 1. The first-order valence-electron chi connectivity index (χ1n) is 8.38. The Morgan fingerprint density at radius 2 is 2.08 bits per heavy atom. The SMILES string of the molecule is Fc1cccc2c3c([nH]c12)CN(C/C=C/c1ccncc1)CCC3. The van der Waals surface area contributed by atoms with Gasteiger partial charge in [0.25, 0.3) is 0 Å². The Morgan fingerprint density at radius 3 is 2.96 bits per heavy atom. The Morgan fingerprint density at radius 1 is 1.21 bits per heavy atom. The number of para-hydroxylation sites is 1. The number of pyridine rings is 1. The fourth-order valence-corrected chi connectivity index (χ4v) is 3.46. The van der Waals surface area contributed by atoms with Crippen LogP contribution in [0.15, 0.2) is 48.8 Å². The summed E-state index contributed by atoms with van der Waals surface area (Å²) >= 11 is 0. The highest BCUT2D eigenvalue weighted by Gasteiger charge is 2.19. The Bertz CT molecular complexity index is 867. The standard InChI is InChI=1S/C20H20FN3/c21-18-7-1-5-17-16-6-3-13-24(14-19(16)23-20(17)18)12-2-4-15-8-10-22-11-9-15/h1-2,4-5,7-11,23H,3,6,12-14H2/b4-2+. The van der Waals surface area contributed by atoms with E-state index in [9.17, 15) is 4.39 Å². The van der Waals surface area contributed by atoms with E-state index in [4.69, 9.17) is 0 Å². The molecule has 4 rings (SSSR count). The van der Waals surface area contributed by atoms with Crippen molar-refractivity contribution >= 4 is 17.0 Å². The van der Waals surface area contributed by atoms with Gasteiger partial charge in [-0.25, -0.2) is 4.39 Å². The van der Waals surface area contributed by atoms with Crippen LogP contribution < -0.4 is 0 Å². The molecule has 0 atom stereocenters. The number of fused-ring (bicyclic) bond motifs is 3. The molecule has 4 heteroatoms.